The normalized spacial score (nSPS) is 20.2. The molecule has 2 saturated heterocycles. The van der Waals surface area contributed by atoms with Gasteiger partial charge in [0, 0.05) is 32.6 Å². The molecule has 0 N–H and O–H groups in total. The van der Waals surface area contributed by atoms with E-state index in [-0.39, 0.29) is 23.5 Å². The Bertz CT molecular complexity index is 607. The van der Waals surface area contributed by atoms with Gasteiger partial charge in [-0.2, -0.15) is 0 Å². The lowest BCUT2D eigenvalue weighted by molar-refractivity contribution is -0.139. The summed E-state index contributed by atoms with van der Waals surface area (Å²) in [5.74, 6) is 0.246. The van der Waals surface area contributed by atoms with Crippen LogP contribution in [0.1, 0.15) is 45.1 Å². The summed E-state index contributed by atoms with van der Waals surface area (Å²) < 4.78 is 5.31. The molecular weight excluding hydrogens is 316 g/mol. The predicted octanol–water partition coefficient (Wildman–Crippen LogP) is 3.44. The number of likely N-dealkylation sites (tertiary alicyclic amines) is 2. The number of hydrogen-bond acceptors (Lipinski definition) is 3. The van der Waals surface area contributed by atoms with Crippen LogP contribution in [0.25, 0.3) is 0 Å². The summed E-state index contributed by atoms with van der Waals surface area (Å²) in [6.07, 6.45) is 3.14. The van der Waals surface area contributed by atoms with E-state index in [9.17, 15) is 9.59 Å². The van der Waals surface area contributed by atoms with Crippen molar-refractivity contribution in [3.05, 3.63) is 35.9 Å². The molecular formula is C20H28N2O3. The number of amides is 2. The summed E-state index contributed by atoms with van der Waals surface area (Å²) in [4.78, 5) is 28.2. The lowest BCUT2D eigenvalue weighted by atomic mass is 9.72. The van der Waals surface area contributed by atoms with Gasteiger partial charge in [0.25, 0.3) is 0 Å². The number of carbonyl (C=O) groups is 2. The Kier molecular flexibility index (Phi) is 5.30. The highest BCUT2D eigenvalue weighted by molar-refractivity contribution is 5.77. The molecule has 5 heteroatoms. The van der Waals surface area contributed by atoms with E-state index in [1.54, 1.807) is 0 Å². The van der Waals surface area contributed by atoms with E-state index in [1.807, 2.05) is 41.8 Å². The van der Waals surface area contributed by atoms with Crippen molar-refractivity contribution in [1.82, 2.24) is 9.80 Å². The van der Waals surface area contributed by atoms with Crippen LogP contribution in [0, 0.1) is 5.41 Å². The molecule has 0 unspecified atom stereocenters. The number of piperidine rings is 2. The number of benzene rings is 1. The number of hydrogen-bond donors (Lipinski definition) is 0. The fraction of sp³-hybridized carbons (Fsp3) is 0.600. The highest BCUT2D eigenvalue weighted by Gasteiger charge is 2.41. The summed E-state index contributed by atoms with van der Waals surface area (Å²) in [6, 6.07) is 10.2. The van der Waals surface area contributed by atoms with Gasteiger partial charge in [-0.15, -0.1) is 0 Å². The van der Waals surface area contributed by atoms with Crippen LogP contribution in [-0.2, 0) is 16.1 Å². The third-order valence-corrected chi connectivity index (χ3v) is 5.38. The molecule has 0 radical (unpaired) electrons. The van der Waals surface area contributed by atoms with Crippen molar-refractivity contribution in [1.29, 1.82) is 0 Å². The molecule has 3 rings (SSSR count). The number of ether oxygens (including phenoxy) is 1. The highest BCUT2D eigenvalue weighted by Crippen LogP contribution is 2.40. The van der Waals surface area contributed by atoms with Crippen LogP contribution in [0.2, 0.25) is 0 Å². The molecule has 1 aromatic rings. The summed E-state index contributed by atoms with van der Waals surface area (Å²) >= 11 is 0. The van der Waals surface area contributed by atoms with Gasteiger partial charge in [-0.1, -0.05) is 30.3 Å². The van der Waals surface area contributed by atoms with Crippen LogP contribution >= 0.6 is 0 Å². The zero-order valence-electron chi connectivity index (χ0n) is 15.2. The standard InChI is InChI=1S/C20H28N2O3/c1-16(2)25-19(24)21-12-10-20(11-13-21)9-8-18(23)22(15-20)14-17-6-4-3-5-7-17/h3-7,16H,8-15H2,1-2H3. The van der Waals surface area contributed by atoms with Gasteiger partial charge in [-0.05, 0) is 44.1 Å². The monoisotopic (exact) mass is 344 g/mol. The smallest absolute Gasteiger partial charge is 0.410 e. The van der Waals surface area contributed by atoms with E-state index >= 15 is 0 Å². The van der Waals surface area contributed by atoms with E-state index in [0.29, 0.717) is 13.0 Å². The van der Waals surface area contributed by atoms with Crippen LogP contribution in [0.5, 0.6) is 0 Å². The Balaban J connectivity index is 1.60. The van der Waals surface area contributed by atoms with Crippen molar-refractivity contribution >= 4 is 12.0 Å². The zero-order chi connectivity index (χ0) is 17.9. The summed E-state index contributed by atoms with van der Waals surface area (Å²) in [5, 5.41) is 0. The van der Waals surface area contributed by atoms with Crippen molar-refractivity contribution in [2.24, 2.45) is 5.41 Å². The maximum Gasteiger partial charge on any atom is 0.410 e. The van der Waals surface area contributed by atoms with Crippen molar-refractivity contribution in [3.63, 3.8) is 0 Å². The molecule has 5 nitrogen and oxygen atoms in total. The average Bonchev–Trinajstić information content (AvgIpc) is 2.59. The van der Waals surface area contributed by atoms with E-state index in [2.05, 4.69) is 12.1 Å². The molecule has 25 heavy (non-hydrogen) atoms. The molecule has 0 bridgehead atoms. The van der Waals surface area contributed by atoms with Gasteiger partial charge in [-0.3, -0.25) is 4.79 Å². The minimum Gasteiger partial charge on any atom is -0.447 e. The summed E-state index contributed by atoms with van der Waals surface area (Å²) in [7, 11) is 0. The van der Waals surface area contributed by atoms with Gasteiger partial charge >= 0.3 is 6.09 Å². The van der Waals surface area contributed by atoms with E-state index < -0.39 is 0 Å². The molecule has 2 aliphatic heterocycles. The Labute approximate surface area is 149 Å². The largest absolute Gasteiger partial charge is 0.447 e. The maximum absolute atomic E-state index is 12.4. The second-order valence-corrected chi connectivity index (χ2v) is 7.65. The second kappa shape index (κ2) is 7.46. The minimum atomic E-state index is -0.210. The molecule has 0 aliphatic carbocycles. The number of carbonyl (C=O) groups excluding carboxylic acids is 2. The van der Waals surface area contributed by atoms with Crippen molar-refractivity contribution in [2.45, 2.75) is 52.2 Å². The SMILES string of the molecule is CC(C)OC(=O)N1CCC2(CCC(=O)N(Cc3ccccc3)C2)CC1. The Morgan fingerprint density at radius 1 is 1.16 bits per heavy atom. The van der Waals surface area contributed by atoms with Gasteiger partial charge in [-0.25, -0.2) is 4.79 Å². The molecule has 1 aromatic carbocycles. The molecule has 2 fully saturated rings. The van der Waals surface area contributed by atoms with Crippen molar-refractivity contribution in [2.75, 3.05) is 19.6 Å². The van der Waals surface area contributed by atoms with Crippen LogP contribution in [0.15, 0.2) is 30.3 Å². The van der Waals surface area contributed by atoms with Gasteiger partial charge in [0.2, 0.25) is 5.91 Å². The number of rotatable bonds is 3. The molecule has 136 valence electrons. The Morgan fingerprint density at radius 2 is 1.84 bits per heavy atom. The van der Waals surface area contributed by atoms with E-state index in [4.69, 9.17) is 4.74 Å². The molecule has 1 spiro atoms. The maximum atomic E-state index is 12.4. The topological polar surface area (TPSA) is 49.9 Å². The minimum absolute atomic E-state index is 0.0861. The molecule has 0 saturated carbocycles. The first kappa shape index (κ1) is 17.8. The van der Waals surface area contributed by atoms with Gasteiger partial charge in [0.15, 0.2) is 0 Å². The van der Waals surface area contributed by atoms with Crippen molar-refractivity contribution in [3.8, 4) is 0 Å². The number of nitrogens with zero attached hydrogens (tertiary/aromatic N) is 2. The van der Waals surface area contributed by atoms with Crippen molar-refractivity contribution < 1.29 is 14.3 Å². The molecule has 2 amide bonds. The van der Waals surface area contributed by atoms with Crippen LogP contribution in [-0.4, -0.2) is 47.5 Å². The Hall–Kier alpha value is -2.04. The fourth-order valence-corrected chi connectivity index (χ4v) is 3.90. The average molecular weight is 344 g/mol. The zero-order valence-corrected chi connectivity index (χ0v) is 15.2. The Morgan fingerprint density at radius 3 is 2.48 bits per heavy atom. The lowest BCUT2D eigenvalue weighted by Gasteiger charge is -2.47. The van der Waals surface area contributed by atoms with Crippen LogP contribution in [0.4, 0.5) is 4.79 Å². The third kappa shape index (κ3) is 4.33. The van der Waals surface area contributed by atoms with E-state index in [0.717, 1.165) is 38.9 Å². The first-order valence-corrected chi connectivity index (χ1v) is 9.25. The van der Waals surface area contributed by atoms with Gasteiger partial charge < -0.3 is 14.5 Å². The van der Waals surface area contributed by atoms with E-state index in [1.165, 1.54) is 5.56 Å². The van der Waals surface area contributed by atoms with Crippen LogP contribution in [0.3, 0.4) is 0 Å². The second-order valence-electron chi connectivity index (χ2n) is 7.65. The third-order valence-electron chi connectivity index (χ3n) is 5.38. The molecule has 0 aromatic heterocycles. The quantitative estimate of drug-likeness (QED) is 0.844. The first-order valence-electron chi connectivity index (χ1n) is 9.25. The fourth-order valence-electron chi connectivity index (χ4n) is 3.90. The molecule has 2 heterocycles. The lowest BCUT2D eigenvalue weighted by Crippen LogP contribution is -2.52. The first-order chi connectivity index (χ1) is 12.0. The molecule has 0 atom stereocenters. The summed E-state index contributed by atoms with van der Waals surface area (Å²) in [6.45, 7) is 6.67. The molecule has 2 aliphatic rings. The predicted molar refractivity (Wildman–Crippen MR) is 96.0 cm³/mol. The summed E-state index contributed by atoms with van der Waals surface area (Å²) in [5.41, 5.74) is 1.32. The highest BCUT2D eigenvalue weighted by atomic mass is 16.6. The van der Waals surface area contributed by atoms with Gasteiger partial charge in [0.05, 0.1) is 6.10 Å². The van der Waals surface area contributed by atoms with Gasteiger partial charge in [0.1, 0.15) is 0 Å². The van der Waals surface area contributed by atoms with Crippen LogP contribution < -0.4 is 0 Å².